The Bertz CT molecular complexity index is 132. The monoisotopic (exact) mass is 284 g/mol. The molecule has 7 heteroatoms. The normalized spacial score (nSPS) is 17.3. The molecule has 0 fully saturated rings. The summed E-state index contributed by atoms with van der Waals surface area (Å²) in [6, 6.07) is 0. The summed E-state index contributed by atoms with van der Waals surface area (Å²) in [4.78, 5) is 0. The number of hydrogen-bond acceptors (Lipinski definition) is 4. The van der Waals surface area contributed by atoms with Crippen LogP contribution < -0.4 is 0 Å². The van der Waals surface area contributed by atoms with E-state index in [1.807, 2.05) is 0 Å². The van der Waals surface area contributed by atoms with E-state index < -0.39 is 13.9 Å². The summed E-state index contributed by atoms with van der Waals surface area (Å²) in [6.07, 6.45) is -0.406. The van der Waals surface area contributed by atoms with E-state index >= 15 is 0 Å². The molecule has 1 atom stereocenters. The molecule has 0 saturated heterocycles. The van der Waals surface area contributed by atoms with Gasteiger partial charge in [-0.15, -0.1) is 0 Å². The number of hydrogen-bond donors (Lipinski definition) is 0. The summed E-state index contributed by atoms with van der Waals surface area (Å²) in [7, 11) is -3.92. The van der Waals surface area contributed by atoms with Crippen LogP contribution >= 0.6 is 30.8 Å². The molecule has 0 aromatic rings. The minimum atomic E-state index is -3.92. The lowest BCUT2D eigenvalue weighted by atomic mass is 10.5. The van der Waals surface area contributed by atoms with Gasteiger partial charge in [0.2, 0.25) is 0 Å². The fourth-order valence-electron chi connectivity index (χ4n) is 0.301. The molecule has 1 unspecified atom stereocenters. The predicted molar refractivity (Wildman–Crippen MR) is 41.1 cm³/mol. The van der Waals surface area contributed by atoms with Gasteiger partial charge in [0.25, 0.3) is 0 Å². The van der Waals surface area contributed by atoms with Crippen LogP contribution in [0, 0.1) is 0 Å². The van der Waals surface area contributed by atoms with Crippen molar-refractivity contribution in [3.8, 4) is 0 Å². The summed E-state index contributed by atoms with van der Waals surface area (Å²) < 4.78 is 33.7. The zero-order valence-electron chi connectivity index (χ0n) is 5.41. The molecule has 0 saturated carbocycles. The molecule has 0 N–H and O–H groups in total. The summed E-state index contributed by atoms with van der Waals surface area (Å²) >= 11 is 1.25. The summed E-state index contributed by atoms with van der Waals surface area (Å²) in [5, 5.41) is 0. The van der Waals surface area contributed by atoms with Crippen LogP contribution in [0.4, 0.5) is 4.53 Å². The van der Waals surface area contributed by atoms with Gasteiger partial charge in [-0.1, -0.05) is 4.73 Å². The van der Waals surface area contributed by atoms with E-state index in [0.29, 0.717) is 0 Å². The van der Waals surface area contributed by atoms with Gasteiger partial charge < -0.3 is 0 Å². The van der Waals surface area contributed by atoms with E-state index in [0.717, 1.165) is 0 Å². The van der Waals surface area contributed by atoms with Crippen molar-refractivity contribution in [2.24, 2.45) is 0 Å². The maximum Gasteiger partial charge on any atom is 0.515 e. The van der Waals surface area contributed by atoms with Gasteiger partial charge in [-0.3, -0.25) is 4.52 Å². The van der Waals surface area contributed by atoms with Crippen molar-refractivity contribution in [2.45, 2.75) is 20.0 Å². The first-order chi connectivity index (χ1) is 4.54. The Morgan fingerprint density at radius 2 is 2.10 bits per heavy atom. The van der Waals surface area contributed by atoms with Gasteiger partial charge in [-0.05, 0) is 18.4 Å². The number of phosphoric acid groups is 1. The molecule has 0 aliphatic carbocycles. The van der Waals surface area contributed by atoms with Crippen LogP contribution in [0.5, 0.6) is 0 Å². The second-order valence-electron chi connectivity index (χ2n) is 1.74. The molecule has 0 aliphatic heterocycles. The largest absolute Gasteiger partial charge is 0.515 e. The smallest absolute Gasteiger partial charge is 0.282 e. The van der Waals surface area contributed by atoms with Crippen LogP contribution in [0.1, 0.15) is 13.8 Å². The number of halogens is 2. The fraction of sp³-hybridized carbons (Fsp3) is 1.00. The predicted octanol–water partition coefficient (Wildman–Crippen LogP) is 2.79. The third kappa shape index (κ3) is 3.82. The molecule has 0 heterocycles. The molecule has 0 amide bonds. The van der Waals surface area contributed by atoms with Gasteiger partial charge in [-0.2, -0.15) is 0 Å². The lowest BCUT2D eigenvalue weighted by molar-refractivity contribution is -0.0464. The van der Waals surface area contributed by atoms with Gasteiger partial charge >= 0.3 is 7.82 Å². The Kier molecular flexibility index (Phi) is 4.96. The van der Waals surface area contributed by atoms with Crippen LogP contribution in [0.2, 0.25) is 0 Å². The first-order valence-corrected chi connectivity index (χ1v) is 4.77. The lowest BCUT2D eigenvalue weighted by Crippen LogP contribution is -2.00. The second-order valence-corrected chi connectivity index (χ2v) is 4.30. The maximum absolute atomic E-state index is 11.4. The topological polar surface area (TPSA) is 44.8 Å². The van der Waals surface area contributed by atoms with E-state index in [1.54, 1.807) is 13.8 Å². The van der Waals surface area contributed by atoms with Crippen LogP contribution in [0.25, 0.3) is 0 Å². The Labute approximate surface area is 72.2 Å². The van der Waals surface area contributed by atoms with Crippen molar-refractivity contribution in [1.29, 1.82) is 0 Å². The van der Waals surface area contributed by atoms with Crippen molar-refractivity contribution in [2.75, 3.05) is 0 Å². The first kappa shape index (κ1) is 10.8. The van der Waals surface area contributed by atoms with E-state index in [9.17, 15) is 9.09 Å². The molecule has 4 nitrogen and oxygen atoms in total. The SMILES string of the molecule is CC(C)OP(=O)(OF)OI. The maximum atomic E-state index is 11.4. The molecule has 0 rings (SSSR count). The zero-order valence-corrected chi connectivity index (χ0v) is 8.47. The summed E-state index contributed by atoms with van der Waals surface area (Å²) in [5.41, 5.74) is 0. The minimum Gasteiger partial charge on any atom is -0.282 e. The molecule has 0 bridgehead atoms. The van der Waals surface area contributed by atoms with E-state index in [1.165, 1.54) is 23.0 Å². The highest BCUT2D eigenvalue weighted by Crippen LogP contribution is 2.52. The van der Waals surface area contributed by atoms with Crippen molar-refractivity contribution < 1.29 is 21.2 Å². The van der Waals surface area contributed by atoms with Crippen LogP contribution in [0.3, 0.4) is 0 Å². The van der Waals surface area contributed by atoms with Gasteiger partial charge in [0, 0.05) is 0 Å². The van der Waals surface area contributed by atoms with Crippen molar-refractivity contribution in [1.82, 2.24) is 0 Å². The van der Waals surface area contributed by atoms with Crippen molar-refractivity contribution >= 4 is 30.8 Å². The van der Waals surface area contributed by atoms with Gasteiger partial charge in [0.1, 0.15) is 23.0 Å². The molecular formula is C3H7FIO4P. The van der Waals surface area contributed by atoms with Gasteiger partial charge in [0.05, 0.1) is 6.10 Å². The van der Waals surface area contributed by atoms with Crippen molar-refractivity contribution in [3.63, 3.8) is 0 Å². The average molecular weight is 284 g/mol. The van der Waals surface area contributed by atoms with Crippen molar-refractivity contribution in [3.05, 3.63) is 0 Å². The molecule has 62 valence electrons. The molecule has 0 radical (unpaired) electrons. The lowest BCUT2D eigenvalue weighted by Gasteiger charge is -2.10. The molecule has 0 aromatic carbocycles. The van der Waals surface area contributed by atoms with Gasteiger partial charge in [-0.25, -0.2) is 7.42 Å². The molecule has 0 aliphatic rings. The highest BCUT2D eigenvalue weighted by molar-refractivity contribution is 14.1. The highest BCUT2D eigenvalue weighted by Gasteiger charge is 2.28. The third-order valence-electron chi connectivity index (χ3n) is 0.509. The first-order valence-electron chi connectivity index (χ1n) is 2.43. The van der Waals surface area contributed by atoms with Gasteiger partial charge in [0.15, 0.2) is 0 Å². The fourth-order valence-corrected chi connectivity index (χ4v) is 1.37. The standard InChI is InChI=1S/C3H7FIO4P/c1-3(2)7-10(6,8-4)9-5/h3H,1-2H3. The zero-order chi connectivity index (χ0) is 8.20. The van der Waals surface area contributed by atoms with Crippen LogP contribution in [0.15, 0.2) is 0 Å². The average Bonchev–Trinajstić information content (AvgIpc) is 1.87. The molecule has 10 heavy (non-hydrogen) atoms. The summed E-state index contributed by atoms with van der Waals surface area (Å²) in [6.45, 7) is 3.17. The molecular weight excluding hydrogens is 277 g/mol. The Morgan fingerprint density at radius 1 is 1.60 bits per heavy atom. The Balaban J connectivity index is 3.94. The Hall–Kier alpha value is 0.770. The summed E-state index contributed by atoms with van der Waals surface area (Å²) in [5.74, 6) is 0. The van der Waals surface area contributed by atoms with E-state index in [4.69, 9.17) is 0 Å². The van der Waals surface area contributed by atoms with Crippen LogP contribution in [-0.2, 0) is 16.7 Å². The molecule has 0 spiro atoms. The van der Waals surface area contributed by atoms with Crippen LogP contribution in [-0.4, -0.2) is 6.10 Å². The highest BCUT2D eigenvalue weighted by atomic mass is 127. The van der Waals surface area contributed by atoms with E-state index in [-0.39, 0.29) is 0 Å². The molecule has 0 aromatic heterocycles. The third-order valence-corrected chi connectivity index (χ3v) is 2.97. The quantitative estimate of drug-likeness (QED) is 0.588. The second kappa shape index (κ2) is 4.61. The number of rotatable bonds is 4. The van der Waals surface area contributed by atoms with E-state index in [2.05, 4.69) is 12.1 Å². The minimum absolute atomic E-state index is 0.406. The Morgan fingerprint density at radius 3 is 2.20 bits per heavy atom.